The molecule has 0 radical (unpaired) electrons. The normalized spacial score (nSPS) is 11.5. The second-order valence-corrected chi connectivity index (χ2v) is 9.70. The Labute approximate surface area is 219 Å². The SMILES string of the molecule is CCCCc1cn(-c2c(Cl)ccn2C(C)C)c(=O)n1Cc1cnccc1-c1ccc(-c2nn[nH]n2)cc1. The van der Waals surface area contributed by atoms with Crippen molar-refractivity contribution in [3.8, 4) is 28.3 Å². The zero-order valence-electron chi connectivity index (χ0n) is 21.1. The summed E-state index contributed by atoms with van der Waals surface area (Å²) in [6.07, 6.45) is 10.3. The van der Waals surface area contributed by atoms with Crippen LogP contribution in [-0.2, 0) is 13.0 Å². The van der Waals surface area contributed by atoms with Gasteiger partial charge >= 0.3 is 5.69 Å². The summed E-state index contributed by atoms with van der Waals surface area (Å²) in [5.41, 5.74) is 4.71. The predicted octanol–water partition coefficient (Wildman–Crippen LogP) is 5.31. The van der Waals surface area contributed by atoms with E-state index in [-0.39, 0.29) is 11.7 Å². The summed E-state index contributed by atoms with van der Waals surface area (Å²) in [7, 11) is 0. The number of hydrogen-bond acceptors (Lipinski definition) is 5. The van der Waals surface area contributed by atoms with Crippen LogP contribution in [0.1, 0.15) is 50.9 Å². The lowest BCUT2D eigenvalue weighted by Crippen LogP contribution is -2.26. The van der Waals surface area contributed by atoms with E-state index in [1.807, 2.05) is 64.1 Å². The van der Waals surface area contributed by atoms with E-state index >= 15 is 0 Å². The van der Waals surface area contributed by atoms with Gasteiger partial charge in [0, 0.05) is 42.1 Å². The number of aryl methyl sites for hydroxylation is 1. The molecular formula is C27H29ClN8O. The van der Waals surface area contributed by atoms with Crippen LogP contribution in [-0.4, -0.2) is 39.3 Å². The van der Waals surface area contributed by atoms with Gasteiger partial charge in [0.1, 0.15) is 5.82 Å². The number of H-pyrrole nitrogens is 1. The molecule has 4 heterocycles. The molecule has 10 heteroatoms. The van der Waals surface area contributed by atoms with Gasteiger partial charge in [0.2, 0.25) is 5.82 Å². The summed E-state index contributed by atoms with van der Waals surface area (Å²) in [5.74, 6) is 1.24. The molecule has 0 saturated heterocycles. The van der Waals surface area contributed by atoms with Crippen molar-refractivity contribution in [3.05, 3.63) is 87.9 Å². The zero-order valence-corrected chi connectivity index (χ0v) is 21.9. The van der Waals surface area contributed by atoms with Gasteiger partial charge in [-0.3, -0.25) is 14.1 Å². The molecule has 4 aromatic heterocycles. The maximum atomic E-state index is 13.8. The van der Waals surface area contributed by atoms with Gasteiger partial charge in [0.05, 0.1) is 11.6 Å². The third-order valence-corrected chi connectivity index (χ3v) is 6.80. The Bertz CT molecular complexity index is 1540. The molecule has 0 amide bonds. The molecule has 190 valence electrons. The van der Waals surface area contributed by atoms with Crippen molar-refractivity contribution >= 4 is 11.6 Å². The fourth-order valence-electron chi connectivity index (χ4n) is 4.56. The predicted molar refractivity (Wildman–Crippen MR) is 144 cm³/mol. The standard InChI is InChI=1S/C27H29ClN8O/c1-4-5-6-22-17-36(26-24(28)12-14-34(26)18(2)3)27(37)35(22)16-21-15-29-13-11-23(21)19-7-9-20(10-8-19)25-30-32-33-31-25/h7-15,17-18H,4-6,16H2,1-3H3,(H,30,31,32,33). The number of hydrogen-bond donors (Lipinski definition) is 1. The van der Waals surface area contributed by atoms with E-state index in [1.54, 1.807) is 10.8 Å². The van der Waals surface area contributed by atoms with Gasteiger partial charge in [0.25, 0.3) is 0 Å². The lowest BCUT2D eigenvalue weighted by Gasteiger charge is -2.13. The minimum Gasteiger partial charge on any atom is -0.330 e. The highest BCUT2D eigenvalue weighted by Gasteiger charge is 2.20. The van der Waals surface area contributed by atoms with Crippen LogP contribution >= 0.6 is 11.6 Å². The number of aromatic nitrogens is 8. The summed E-state index contributed by atoms with van der Waals surface area (Å²) in [4.78, 5) is 18.2. The highest BCUT2D eigenvalue weighted by atomic mass is 35.5. The van der Waals surface area contributed by atoms with Gasteiger partial charge < -0.3 is 4.57 Å². The molecule has 5 aromatic rings. The molecule has 0 unspecified atom stereocenters. The van der Waals surface area contributed by atoms with Gasteiger partial charge in [-0.15, -0.1) is 10.2 Å². The first-order valence-electron chi connectivity index (χ1n) is 12.4. The van der Waals surface area contributed by atoms with Crippen LogP contribution in [0, 0.1) is 0 Å². The Morgan fingerprint density at radius 3 is 2.57 bits per heavy atom. The molecule has 37 heavy (non-hydrogen) atoms. The Kier molecular flexibility index (Phi) is 7.05. The summed E-state index contributed by atoms with van der Waals surface area (Å²) >= 11 is 6.56. The van der Waals surface area contributed by atoms with Gasteiger partial charge in [0.15, 0.2) is 0 Å². The Balaban J connectivity index is 1.55. The van der Waals surface area contributed by atoms with E-state index < -0.39 is 0 Å². The average Bonchev–Trinajstić information content (AvgIpc) is 3.64. The van der Waals surface area contributed by atoms with Crippen LogP contribution in [0.25, 0.3) is 28.3 Å². The number of benzene rings is 1. The average molecular weight is 517 g/mol. The lowest BCUT2D eigenvalue weighted by atomic mass is 10.00. The number of unbranched alkanes of at least 4 members (excludes halogenated alkanes) is 1. The van der Waals surface area contributed by atoms with Crippen molar-refractivity contribution in [2.24, 2.45) is 0 Å². The van der Waals surface area contributed by atoms with E-state index in [2.05, 4.69) is 46.4 Å². The topological polar surface area (TPSA) is 99.2 Å². The first-order valence-corrected chi connectivity index (χ1v) is 12.8. The van der Waals surface area contributed by atoms with Crippen LogP contribution in [0.5, 0.6) is 0 Å². The quantitative estimate of drug-likeness (QED) is 0.286. The third kappa shape index (κ3) is 4.86. The highest BCUT2D eigenvalue weighted by molar-refractivity contribution is 6.32. The van der Waals surface area contributed by atoms with Crippen LogP contribution in [0.4, 0.5) is 0 Å². The smallest absolute Gasteiger partial charge is 0.330 e. The number of imidazole rings is 1. The van der Waals surface area contributed by atoms with Gasteiger partial charge in [-0.05, 0) is 60.7 Å². The number of nitrogens with zero attached hydrogens (tertiary/aromatic N) is 7. The van der Waals surface area contributed by atoms with Crippen molar-refractivity contribution in [1.82, 2.24) is 39.3 Å². The summed E-state index contributed by atoms with van der Waals surface area (Å²) in [6, 6.07) is 11.9. The first-order chi connectivity index (χ1) is 18.0. The van der Waals surface area contributed by atoms with E-state index in [0.29, 0.717) is 23.2 Å². The molecule has 0 saturated carbocycles. The molecular weight excluding hydrogens is 488 g/mol. The van der Waals surface area contributed by atoms with E-state index in [4.69, 9.17) is 11.6 Å². The number of pyridine rings is 1. The molecule has 0 fully saturated rings. The third-order valence-electron chi connectivity index (χ3n) is 6.50. The van der Waals surface area contributed by atoms with Crippen molar-refractivity contribution in [1.29, 1.82) is 0 Å². The molecule has 0 aliphatic carbocycles. The number of nitrogens with one attached hydrogen (secondary N) is 1. The molecule has 0 spiro atoms. The van der Waals surface area contributed by atoms with Crippen LogP contribution in [0.15, 0.2) is 66.0 Å². The second kappa shape index (κ2) is 10.6. The minimum absolute atomic E-state index is 0.115. The number of rotatable bonds is 9. The summed E-state index contributed by atoms with van der Waals surface area (Å²) in [5, 5.41) is 14.8. The molecule has 0 aliphatic heterocycles. The number of tetrazole rings is 1. The zero-order chi connectivity index (χ0) is 25.9. The van der Waals surface area contributed by atoms with E-state index in [9.17, 15) is 4.79 Å². The monoisotopic (exact) mass is 516 g/mol. The summed E-state index contributed by atoms with van der Waals surface area (Å²) < 4.78 is 5.55. The Morgan fingerprint density at radius 1 is 1.08 bits per heavy atom. The first kappa shape index (κ1) is 24.7. The van der Waals surface area contributed by atoms with Crippen LogP contribution in [0.3, 0.4) is 0 Å². The molecule has 0 aliphatic rings. The van der Waals surface area contributed by atoms with Crippen LogP contribution in [0.2, 0.25) is 5.02 Å². The second-order valence-electron chi connectivity index (χ2n) is 9.30. The maximum Gasteiger partial charge on any atom is 0.334 e. The van der Waals surface area contributed by atoms with Crippen LogP contribution < -0.4 is 5.69 Å². The maximum absolute atomic E-state index is 13.8. The number of aromatic amines is 1. The van der Waals surface area contributed by atoms with E-state index in [0.717, 1.165) is 47.2 Å². The van der Waals surface area contributed by atoms with Crippen molar-refractivity contribution in [2.75, 3.05) is 0 Å². The van der Waals surface area contributed by atoms with Gasteiger partial charge in [-0.25, -0.2) is 4.79 Å². The Hall–Kier alpha value is -3.98. The molecule has 9 nitrogen and oxygen atoms in total. The fourth-order valence-corrected chi connectivity index (χ4v) is 4.81. The van der Waals surface area contributed by atoms with Crippen molar-refractivity contribution in [2.45, 2.75) is 52.6 Å². The van der Waals surface area contributed by atoms with Gasteiger partial charge in [-0.2, -0.15) is 5.21 Å². The number of halogens is 1. The molecule has 5 rings (SSSR count). The van der Waals surface area contributed by atoms with Crippen molar-refractivity contribution in [3.63, 3.8) is 0 Å². The minimum atomic E-state index is -0.115. The largest absolute Gasteiger partial charge is 0.334 e. The molecule has 1 aromatic carbocycles. The lowest BCUT2D eigenvalue weighted by molar-refractivity contribution is 0.583. The van der Waals surface area contributed by atoms with E-state index in [1.165, 1.54) is 0 Å². The molecule has 1 N–H and O–H groups in total. The highest BCUT2D eigenvalue weighted by Crippen LogP contribution is 2.28. The van der Waals surface area contributed by atoms with Crippen molar-refractivity contribution < 1.29 is 0 Å². The Morgan fingerprint density at radius 2 is 1.86 bits per heavy atom. The summed E-state index contributed by atoms with van der Waals surface area (Å²) in [6.45, 7) is 6.70. The molecule has 0 atom stereocenters. The molecule has 0 bridgehead atoms. The fraction of sp³-hybridized carbons (Fsp3) is 0.296. The van der Waals surface area contributed by atoms with Gasteiger partial charge in [-0.1, -0.05) is 49.2 Å².